The molecule has 3 heterocycles. The summed E-state index contributed by atoms with van der Waals surface area (Å²) in [5.74, 6) is 1.58. The summed E-state index contributed by atoms with van der Waals surface area (Å²) in [6.45, 7) is 2.65. The van der Waals surface area contributed by atoms with Crippen LogP contribution in [0, 0.1) is 0 Å². The van der Waals surface area contributed by atoms with Crippen LogP contribution in [-0.4, -0.2) is 19.7 Å². The van der Waals surface area contributed by atoms with E-state index in [1.165, 1.54) is 11.8 Å². The van der Waals surface area contributed by atoms with Gasteiger partial charge in [0.1, 0.15) is 0 Å². The highest BCUT2D eigenvalue weighted by Gasteiger charge is 2.14. The zero-order valence-electron chi connectivity index (χ0n) is 14.4. The quantitative estimate of drug-likeness (QED) is 0.297. The molecule has 27 heavy (non-hydrogen) atoms. The molecule has 4 aromatic rings. The Hall–Kier alpha value is -1.97. The van der Waals surface area contributed by atoms with Crippen LogP contribution >= 0.6 is 39.0 Å². The number of halogens is 1. The zero-order valence-corrected chi connectivity index (χ0v) is 17.6. The van der Waals surface area contributed by atoms with Crippen molar-refractivity contribution in [2.45, 2.75) is 30.8 Å². The van der Waals surface area contributed by atoms with Gasteiger partial charge in [0.15, 0.2) is 11.0 Å². The van der Waals surface area contributed by atoms with E-state index < -0.39 is 0 Å². The highest BCUT2D eigenvalue weighted by molar-refractivity contribution is 9.10. The maximum Gasteiger partial charge on any atom is 0.268 e. The number of thioether (sulfide) groups is 1. The lowest BCUT2D eigenvalue weighted by molar-refractivity contribution is 0.426. The molecule has 3 aromatic heterocycles. The van der Waals surface area contributed by atoms with Crippen LogP contribution in [0.3, 0.4) is 0 Å². The lowest BCUT2D eigenvalue weighted by Crippen LogP contribution is -2.23. The molecule has 0 unspecified atom stereocenters. The first-order valence-electron chi connectivity index (χ1n) is 8.35. The highest BCUT2D eigenvalue weighted by Crippen LogP contribution is 2.26. The van der Waals surface area contributed by atoms with Gasteiger partial charge in [-0.1, -0.05) is 45.8 Å². The van der Waals surface area contributed by atoms with Crippen LogP contribution in [0.4, 0.5) is 0 Å². The van der Waals surface area contributed by atoms with Gasteiger partial charge in [-0.05, 0) is 36.1 Å². The van der Waals surface area contributed by atoms with E-state index >= 15 is 0 Å². The fourth-order valence-corrected chi connectivity index (χ4v) is 4.52. The van der Waals surface area contributed by atoms with Gasteiger partial charge in [-0.25, -0.2) is 4.98 Å². The molecular weight excluding hydrogens is 448 g/mol. The van der Waals surface area contributed by atoms with E-state index in [2.05, 4.69) is 31.1 Å². The minimum Gasteiger partial charge on any atom is -0.333 e. The average molecular weight is 463 g/mol. The number of hydrogen-bond donors (Lipinski definition) is 0. The number of aromatic nitrogens is 4. The average Bonchev–Trinajstić information content (AvgIpc) is 3.34. The Balaban J connectivity index is 1.64. The highest BCUT2D eigenvalue weighted by atomic mass is 79.9. The monoisotopic (exact) mass is 462 g/mol. The Labute approximate surface area is 171 Å². The molecule has 9 heteroatoms. The lowest BCUT2D eigenvalue weighted by Gasteiger charge is -2.11. The van der Waals surface area contributed by atoms with Crippen molar-refractivity contribution in [3.63, 3.8) is 0 Å². The van der Waals surface area contributed by atoms with Gasteiger partial charge in [0, 0.05) is 11.0 Å². The Kier molecular flexibility index (Phi) is 5.42. The number of thiophene rings is 1. The summed E-state index contributed by atoms with van der Waals surface area (Å²) in [7, 11) is 0. The van der Waals surface area contributed by atoms with Crippen molar-refractivity contribution >= 4 is 49.9 Å². The minimum absolute atomic E-state index is 0.0296. The van der Waals surface area contributed by atoms with Crippen molar-refractivity contribution in [1.29, 1.82) is 0 Å². The van der Waals surface area contributed by atoms with Crippen molar-refractivity contribution in [2.75, 3.05) is 0 Å². The van der Waals surface area contributed by atoms with Gasteiger partial charge >= 0.3 is 0 Å². The molecule has 0 fully saturated rings. The van der Waals surface area contributed by atoms with E-state index in [1.54, 1.807) is 15.9 Å². The van der Waals surface area contributed by atoms with Crippen LogP contribution in [0.2, 0.25) is 0 Å². The van der Waals surface area contributed by atoms with Crippen LogP contribution < -0.4 is 5.56 Å². The van der Waals surface area contributed by atoms with Gasteiger partial charge in [0.05, 0.1) is 21.5 Å². The summed E-state index contributed by atoms with van der Waals surface area (Å²) in [6, 6.07) is 9.44. The maximum atomic E-state index is 12.9. The summed E-state index contributed by atoms with van der Waals surface area (Å²) in [5, 5.41) is 7.28. The van der Waals surface area contributed by atoms with E-state index in [1.807, 2.05) is 42.6 Å². The van der Waals surface area contributed by atoms with E-state index in [4.69, 9.17) is 4.52 Å². The fraction of sp³-hybridized carbons (Fsp3) is 0.222. The Bertz CT molecular complexity index is 1140. The van der Waals surface area contributed by atoms with Crippen molar-refractivity contribution < 1.29 is 4.52 Å². The van der Waals surface area contributed by atoms with Crippen LogP contribution in [0.1, 0.15) is 19.2 Å². The van der Waals surface area contributed by atoms with Gasteiger partial charge in [-0.3, -0.25) is 9.36 Å². The molecule has 0 saturated carbocycles. The third kappa shape index (κ3) is 3.85. The molecule has 0 atom stereocenters. The van der Waals surface area contributed by atoms with E-state index in [0.717, 1.165) is 15.8 Å². The second-order valence-electron chi connectivity index (χ2n) is 5.79. The molecule has 1 aromatic carbocycles. The first-order chi connectivity index (χ1) is 13.2. The summed E-state index contributed by atoms with van der Waals surface area (Å²) >= 11 is 6.42. The lowest BCUT2D eigenvalue weighted by atomic mass is 10.2. The smallest absolute Gasteiger partial charge is 0.268 e. The first kappa shape index (κ1) is 18.4. The summed E-state index contributed by atoms with van der Waals surface area (Å²) in [6.07, 6.45) is 0.847. The number of hydrogen-bond acceptors (Lipinski definition) is 7. The largest absolute Gasteiger partial charge is 0.333 e. The first-order valence-corrected chi connectivity index (χ1v) is 11.0. The molecule has 0 amide bonds. The summed E-state index contributed by atoms with van der Waals surface area (Å²) in [5.41, 5.74) is 0.656. The molecule has 138 valence electrons. The van der Waals surface area contributed by atoms with Crippen LogP contribution in [-0.2, 0) is 12.3 Å². The standard InChI is InChI=1S/C18H15BrN4O2S2/c1-2-7-23-17(24)12-9-11(19)5-6-13(12)20-18(23)27-10-15-21-16(25-22-15)14-4-3-8-26-14/h3-6,8-9H,2,7,10H2,1H3. The van der Waals surface area contributed by atoms with Crippen LogP contribution in [0.15, 0.2) is 54.7 Å². The molecule has 0 spiro atoms. The van der Waals surface area contributed by atoms with Crippen molar-refractivity contribution in [1.82, 2.24) is 19.7 Å². The van der Waals surface area contributed by atoms with Crippen molar-refractivity contribution in [2.24, 2.45) is 0 Å². The second-order valence-corrected chi connectivity index (χ2v) is 8.60. The number of nitrogens with zero attached hydrogens (tertiary/aromatic N) is 4. The van der Waals surface area contributed by atoms with Gasteiger partial charge in [-0.2, -0.15) is 4.98 Å². The molecule has 0 aliphatic heterocycles. The molecule has 0 saturated heterocycles. The number of benzene rings is 1. The third-order valence-electron chi connectivity index (χ3n) is 3.86. The van der Waals surface area contributed by atoms with Crippen molar-refractivity contribution in [3.05, 3.63) is 56.4 Å². The number of rotatable bonds is 6. The van der Waals surface area contributed by atoms with Crippen LogP contribution in [0.5, 0.6) is 0 Å². The Morgan fingerprint density at radius 3 is 2.96 bits per heavy atom. The van der Waals surface area contributed by atoms with E-state index in [9.17, 15) is 4.79 Å². The van der Waals surface area contributed by atoms with Gasteiger partial charge in [0.2, 0.25) is 0 Å². The Morgan fingerprint density at radius 1 is 1.30 bits per heavy atom. The van der Waals surface area contributed by atoms with E-state index in [-0.39, 0.29) is 5.56 Å². The fourth-order valence-electron chi connectivity index (χ4n) is 2.65. The summed E-state index contributed by atoms with van der Waals surface area (Å²) < 4.78 is 7.91. The molecular formula is C18H15BrN4O2S2. The normalized spacial score (nSPS) is 11.3. The topological polar surface area (TPSA) is 73.8 Å². The second kappa shape index (κ2) is 7.95. The minimum atomic E-state index is -0.0296. The molecule has 0 aliphatic rings. The van der Waals surface area contributed by atoms with Gasteiger partial charge in [0.25, 0.3) is 11.4 Å². The van der Waals surface area contributed by atoms with E-state index in [0.29, 0.717) is 40.1 Å². The predicted molar refractivity (Wildman–Crippen MR) is 111 cm³/mol. The van der Waals surface area contributed by atoms with Crippen molar-refractivity contribution in [3.8, 4) is 10.8 Å². The predicted octanol–water partition coefficient (Wildman–Crippen LogP) is 4.97. The van der Waals surface area contributed by atoms with Gasteiger partial charge in [-0.15, -0.1) is 11.3 Å². The molecule has 0 N–H and O–H groups in total. The van der Waals surface area contributed by atoms with Gasteiger partial charge < -0.3 is 4.52 Å². The molecule has 6 nitrogen and oxygen atoms in total. The molecule has 0 aliphatic carbocycles. The zero-order chi connectivity index (χ0) is 18.8. The SMILES string of the molecule is CCCn1c(SCc2noc(-c3cccs3)n2)nc2ccc(Br)cc2c1=O. The molecule has 0 bridgehead atoms. The molecule has 4 rings (SSSR count). The molecule has 0 radical (unpaired) electrons. The van der Waals surface area contributed by atoms with Crippen LogP contribution in [0.25, 0.3) is 21.7 Å². The summed E-state index contributed by atoms with van der Waals surface area (Å²) in [4.78, 5) is 23.0. The number of fused-ring (bicyclic) bond motifs is 1. The maximum absolute atomic E-state index is 12.9. The Morgan fingerprint density at radius 2 is 2.19 bits per heavy atom. The third-order valence-corrected chi connectivity index (χ3v) is 6.18.